The Morgan fingerprint density at radius 2 is 1.69 bits per heavy atom. The fourth-order valence-corrected chi connectivity index (χ4v) is 4.46. The van der Waals surface area contributed by atoms with Gasteiger partial charge in [0.1, 0.15) is 19.4 Å². The first-order valence-corrected chi connectivity index (χ1v) is 11.6. The number of hydrogen-bond donors (Lipinski definition) is 1. The van der Waals surface area contributed by atoms with Crippen LogP contribution in [-0.4, -0.2) is 85.8 Å². The molecule has 1 N–H and O–H groups in total. The highest BCUT2D eigenvalue weighted by Gasteiger charge is 2.51. The number of aromatic nitrogens is 5. The Bertz CT molecular complexity index is 1200. The van der Waals surface area contributed by atoms with Crippen LogP contribution in [0.2, 0.25) is 0 Å². The van der Waals surface area contributed by atoms with Gasteiger partial charge in [-0.15, -0.1) is 10.2 Å². The van der Waals surface area contributed by atoms with Crippen LogP contribution in [0.3, 0.4) is 0 Å². The summed E-state index contributed by atoms with van der Waals surface area (Å²) in [5, 5.41) is 22.5. The zero-order valence-corrected chi connectivity index (χ0v) is 20.2. The molecule has 15 nitrogen and oxygen atoms in total. The lowest BCUT2D eigenvalue weighted by Crippen LogP contribution is -2.42. The number of aliphatic hydroxyl groups is 1. The number of nitrogens with zero attached hydrogens (tertiary/aromatic N) is 6. The van der Waals surface area contributed by atoms with Crippen LogP contribution in [-0.2, 0) is 40.1 Å². The normalized spacial score (nSPS) is 24.1. The Labute approximate surface area is 204 Å². The van der Waals surface area contributed by atoms with E-state index in [2.05, 4.69) is 15.4 Å². The lowest BCUT2D eigenvalue weighted by atomic mass is 10.1. The van der Waals surface area contributed by atoms with Gasteiger partial charge in [0.25, 0.3) is 5.56 Å². The van der Waals surface area contributed by atoms with Gasteiger partial charge in [0.05, 0.1) is 0 Å². The summed E-state index contributed by atoms with van der Waals surface area (Å²) in [6.07, 6.45) is -1.94. The molecule has 2 aromatic heterocycles. The zero-order valence-electron chi connectivity index (χ0n) is 20.2. The van der Waals surface area contributed by atoms with Gasteiger partial charge in [0.2, 0.25) is 0 Å². The van der Waals surface area contributed by atoms with Crippen molar-refractivity contribution in [2.24, 2.45) is 0 Å². The van der Waals surface area contributed by atoms with Gasteiger partial charge in [-0.05, 0) is 19.3 Å². The maximum atomic E-state index is 13.6. The molecule has 2 fully saturated rings. The van der Waals surface area contributed by atoms with Gasteiger partial charge in [0, 0.05) is 33.9 Å². The van der Waals surface area contributed by atoms with Crippen molar-refractivity contribution in [1.82, 2.24) is 24.8 Å². The molecule has 0 aromatic carbocycles. The molecular formula is C21H28N6O9. The van der Waals surface area contributed by atoms with Crippen molar-refractivity contribution in [3.05, 3.63) is 10.4 Å². The number of carbonyl (C=O) groups excluding carboxylic acids is 3. The number of fused-ring (bicyclic) bond motifs is 1. The van der Waals surface area contributed by atoms with Crippen molar-refractivity contribution in [3.63, 3.8) is 0 Å². The first-order valence-electron chi connectivity index (χ1n) is 11.6. The summed E-state index contributed by atoms with van der Waals surface area (Å²) >= 11 is 0. The average molecular weight is 508 g/mol. The van der Waals surface area contributed by atoms with E-state index < -0.39 is 54.7 Å². The number of piperidine rings is 1. The minimum Gasteiger partial charge on any atom is -0.463 e. The maximum absolute atomic E-state index is 13.6. The van der Waals surface area contributed by atoms with Crippen molar-refractivity contribution in [1.29, 1.82) is 0 Å². The molecule has 0 saturated carbocycles. The van der Waals surface area contributed by atoms with E-state index in [0.717, 1.165) is 55.6 Å². The SMILES string of the molecule is CC(=O)OCC1OC(n2nnc3c(N4CCCCC4)nn(CO)c3c2=O)C(OC(C)=O)C1OC(C)=O. The van der Waals surface area contributed by atoms with Crippen molar-refractivity contribution >= 4 is 34.8 Å². The van der Waals surface area contributed by atoms with Crippen molar-refractivity contribution in [2.75, 3.05) is 24.6 Å². The number of hydrogen-bond acceptors (Lipinski definition) is 13. The largest absolute Gasteiger partial charge is 0.463 e. The van der Waals surface area contributed by atoms with Crippen molar-refractivity contribution in [2.45, 2.75) is 71.3 Å². The number of carbonyl (C=O) groups is 3. The van der Waals surface area contributed by atoms with E-state index in [4.69, 9.17) is 18.9 Å². The summed E-state index contributed by atoms with van der Waals surface area (Å²) in [5.41, 5.74) is -0.533. The summed E-state index contributed by atoms with van der Waals surface area (Å²) in [7, 11) is 0. The minimum absolute atomic E-state index is 0.0225. The smallest absolute Gasteiger partial charge is 0.303 e. The molecule has 4 atom stereocenters. The van der Waals surface area contributed by atoms with Gasteiger partial charge in [0.15, 0.2) is 35.3 Å². The second-order valence-corrected chi connectivity index (χ2v) is 8.56. The maximum Gasteiger partial charge on any atom is 0.303 e. The van der Waals surface area contributed by atoms with Gasteiger partial charge in [-0.25, -0.2) is 4.68 Å². The van der Waals surface area contributed by atoms with E-state index in [1.807, 2.05) is 4.90 Å². The summed E-state index contributed by atoms with van der Waals surface area (Å²) in [6, 6.07) is 0. The summed E-state index contributed by atoms with van der Waals surface area (Å²) in [6.45, 7) is 4.02. The fourth-order valence-electron chi connectivity index (χ4n) is 4.46. The van der Waals surface area contributed by atoms with Gasteiger partial charge in [-0.3, -0.25) is 19.2 Å². The van der Waals surface area contributed by atoms with Crippen LogP contribution in [0.25, 0.3) is 11.0 Å². The highest BCUT2D eigenvalue weighted by Crippen LogP contribution is 2.34. The third-order valence-corrected chi connectivity index (χ3v) is 5.93. The van der Waals surface area contributed by atoms with E-state index in [9.17, 15) is 24.3 Å². The third kappa shape index (κ3) is 5.02. The second kappa shape index (κ2) is 10.6. The van der Waals surface area contributed by atoms with Crippen LogP contribution in [0.5, 0.6) is 0 Å². The quantitative estimate of drug-likeness (QED) is 0.365. The third-order valence-electron chi connectivity index (χ3n) is 5.93. The summed E-state index contributed by atoms with van der Waals surface area (Å²) in [5.74, 6) is -1.60. The fraction of sp³-hybridized carbons (Fsp3) is 0.667. The Hall–Kier alpha value is -3.59. The van der Waals surface area contributed by atoms with Crippen LogP contribution in [0.4, 0.5) is 5.82 Å². The molecule has 4 unspecified atom stereocenters. The lowest BCUT2D eigenvalue weighted by molar-refractivity contribution is -0.166. The number of ether oxygens (including phenoxy) is 4. The van der Waals surface area contributed by atoms with E-state index in [0.29, 0.717) is 5.82 Å². The highest BCUT2D eigenvalue weighted by atomic mass is 16.7. The molecule has 2 aliphatic rings. The Morgan fingerprint density at radius 1 is 1.03 bits per heavy atom. The van der Waals surface area contributed by atoms with E-state index in [1.54, 1.807) is 0 Å². The molecule has 2 saturated heterocycles. The summed E-state index contributed by atoms with van der Waals surface area (Å²) in [4.78, 5) is 50.6. The van der Waals surface area contributed by atoms with Crippen LogP contribution in [0.15, 0.2) is 4.79 Å². The Morgan fingerprint density at radius 3 is 2.31 bits per heavy atom. The predicted molar refractivity (Wildman–Crippen MR) is 120 cm³/mol. The van der Waals surface area contributed by atoms with E-state index >= 15 is 0 Å². The van der Waals surface area contributed by atoms with E-state index in [1.165, 1.54) is 6.92 Å². The van der Waals surface area contributed by atoms with Crippen LogP contribution in [0.1, 0.15) is 46.3 Å². The molecule has 0 spiro atoms. The van der Waals surface area contributed by atoms with Gasteiger partial charge < -0.3 is 29.0 Å². The van der Waals surface area contributed by atoms with Crippen LogP contribution >= 0.6 is 0 Å². The number of aliphatic hydroxyl groups excluding tert-OH is 1. The molecule has 0 radical (unpaired) electrons. The number of anilines is 1. The molecule has 2 aromatic rings. The number of rotatable bonds is 7. The van der Waals surface area contributed by atoms with E-state index in [-0.39, 0.29) is 17.6 Å². The Balaban J connectivity index is 1.78. The molecule has 0 bridgehead atoms. The average Bonchev–Trinajstić information content (AvgIpc) is 3.37. The molecule has 0 amide bonds. The molecule has 2 aliphatic heterocycles. The molecule has 4 heterocycles. The molecule has 4 rings (SSSR count). The monoisotopic (exact) mass is 508 g/mol. The Kier molecular flexibility index (Phi) is 7.49. The zero-order chi connectivity index (χ0) is 26.0. The molecule has 15 heteroatoms. The van der Waals surface area contributed by atoms with Crippen LogP contribution in [0, 0.1) is 0 Å². The first kappa shape index (κ1) is 25.5. The second-order valence-electron chi connectivity index (χ2n) is 8.56. The lowest BCUT2D eigenvalue weighted by Gasteiger charge is -2.26. The highest BCUT2D eigenvalue weighted by molar-refractivity contribution is 5.85. The van der Waals surface area contributed by atoms with Gasteiger partial charge in [-0.1, -0.05) is 5.21 Å². The van der Waals surface area contributed by atoms with Gasteiger partial charge >= 0.3 is 17.9 Å². The molecule has 0 aliphatic carbocycles. The molecule has 196 valence electrons. The van der Waals surface area contributed by atoms with Crippen molar-refractivity contribution < 1.29 is 38.4 Å². The molecule has 36 heavy (non-hydrogen) atoms. The topological polar surface area (TPSA) is 177 Å². The van der Waals surface area contributed by atoms with Crippen LogP contribution < -0.4 is 10.5 Å². The standard InChI is InChI=1S/C21H28N6O9/c1-11(29)33-9-14-17(34-12(2)30)18(35-13(3)31)21(36-14)27-20(32)16-15(22-24-27)19(23-26(16)10-28)25-7-5-4-6-8-25/h14,17-18,21,28H,4-10H2,1-3H3. The minimum atomic E-state index is -1.37. The first-order chi connectivity index (χ1) is 17.2. The van der Waals surface area contributed by atoms with Crippen molar-refractivity contribution in [3.8, 4) is 0 Å². The number of esters is 3. The van der Waals surface area contributed by atoms with Gasteiger partial charge in [-0.2, -0.15) is 4.68 Å². The predicted octanol–water partition coefficient (Wildman–Crippen LogP) is -0.748. The molecular weight excluding hydrogens is 480 g/mol. The summed E-state index contributed by atoms with van der Waals surface area (Å²) < 4.78 is 23.5.